The lowest BCUT2D eigenvalue weighted by atomic mass is 10.1. The summed E-state index contributed by atoms with van der Waals surface area (Å²) in [7, 11) is 1.42. The highest BCUT2D eigenvalue weighted by Crippen LogP contribution is 2.17. The minimum Gasteiger partial charge on any atom is -0.460 e. The Morgan fingerprint density at radius 3 is 2.57 bits per heavy atom. The molecule has 0 saturated carbocycles. The summed E-state index contributed by atoms with van der Waals surface area (Å²) < 4.78 is 21.7. The molecule has 0 bridgehead atoms. The van der Waals surface area contributed by atoms with E-state index in [1.165, 1.54) is 19.2 Å². The van der Waals surface area contributed by atoms with Gasteiger partial charge in [0.2, 0.25) is 0 Å². The molecule has 2 N–H and O–H groups in total. The van der Waals surface area contributed by atoms with Crippen LogP contribution in [0.25, 0.3) is 5.69 Å². The second-order valence-corrected chi connectivity index (χ2v) is 6.30. The third kappa shape index (κ3) is 4.77. The molecule has 1 heterocycles. The first-order valence-corrected chi connectivity index (χ1v) is 9.29. The summed E-state index contributed by atoms with van der Waals surface area (Å²) in [5.41, 5.74) is 7.49. The highest BCUT2D eigenvalue weighted by atomic mass is 19.1. The van der Waals surface area contributed by atoms with E-state index in [2.05, 4.69) is 20.4 Å². The van der Waals surface area contributed by atoms with Gasteiger partial charge in [0.05, 0.1) is 0 Å². The maximum atomic E-state index is 14.4. The third-order valence-corrected chi connectivity index (χ3v) is 4.31. The molecule has 2 aromatic carbocycles. The molecule has 0 fully saturated rings. The van der Waals surface area contributed by atoms with Crippen molar-refractivity contribution < 1.29 is 9.13 Å². The van der Waals surface area contributed by atoms with Crippen molar-refractivity contribution in [2.24, 2.45) is 22.8 Å². The number of nitrogens with zero attached hydrogens (tertiary/aromatic N) is 6. The van der Waals surface area contributed by atoms with Crippen LogP contribution in [0.2, 0.25) is 0 Å². The third-order valence-electron chi connectivity index (χ3n) is 4.31. The fourth-order valence-corrected chi connectivity index (χ4v) is 2.79. The van der Waals surface area contributed by atoms with Gasteiger partial charge in [-0.25, -0.2) is 14.2 Å². The van der Waals surface area contributed by atoms with Gasteiger partial charge in [-0.05, 0) is 28.5 Å². The average Bonchev–Trinajstić information content (AvgIpc) is 3.08. The molecule has 0 unspecified atom stereocenters. The predicted octanol–water partition coefficient (Wildman–Crippen LogP) is 1.79. The SMILES string of the molecule is CCC(=NCN=C(N)OCc1cccc(F)c1-n1nnn(C)c1=O)c1ccccc1. The van der Waals surface area contributed by atoms with Crippen LogP contribution in [0.15, 0.2) is 63.3 Å². The van der Waals surface area contributed by atoms with E-state index in [0.29, 0.717) is 5.56 Å². The fourth-order valence-electron chi connectivity index (χ4n) is 2.79. The van der Waals surface area contributed by atoms with Crippen LogP contribution in [0, 0.1) is 5.82 Å². The number of benzene rings is 2. The number of halogens is 1. The number of ether oxygens (including phenoxy) is 1. The number of aromatic nitrogens is 4. The Balaban J connectivity index is 1.71. The quantitative estimate of drug-likeness (QED) is 0.470. The molecule has 0 saturated heterocycles. The van der Waals surface area contributed by atoms with Gasteiger partial charge >= 0.3 is 5.69 Å². The predicted molar refractivity (Wildman–Crippen MR) is 111 cm³/mol. The van der Waals surface area contributed by atoms with Crippen molar-refractivity contribution in [3.8, 4) is 5.69 Å². The minimum atomic E-state index is -0.630. The number of hydrogen-bond donors (Lipinski definition) is 1. The molecule has 3 aromatic rings. The van der Waals surface area contributed by atoms with Crippen molar-refractivity contribution >= 4 is 11.7 Å². The van der Waals surface area contributed by atoms with E-state index < -0.39 is 11.5 Å². The summed E-state index contributed by atoms with van der Waals surface area (Å²) in [6, 6.07) is 14.0. The molecule has 0 aliphatic heterocycles. The maximum Gasteiger partial charge on any atom is 0.368 e. The van der Waals surface area contributed by atoms with E-state index in [-0.39, 0.29) is 25.0 Å². The molecule has 0 spiro atoms. The molecule has 0 aliphatic rings. The largest absolute Gasteiger partial charge is 0.460 e. The summed E-state index contributed by atoms with van der Waals surface area (Å²) in [6.45, 7) is 2.01. The van der Waals surface area contributed by atoms with Crippen LogP contribution in [0.4, 0.5) is 4.39 Å². The van der Waals surface area contributed by atoms with Gasteiger partial charge in [0, 0.05) is 18.3 Å². The standard InChI is InChI=1S/C20H22FN7O2/c1-3-17(14-8-5-4-6-9-14)23-13-24-19(22)30-12-15-10-7-11-16(21)18(15)28-20(29)27(2)25-26-28/h4-11H,3,12-13H2,1-2H3,(H2,22,24). The van der Waals surface area contributed by atoms with Crippen LogP contribution in [0.1, 0.15) is 24.5 Å². The molecule has 30 heavy (non-hydrogen) atoms. The number of nitrogens with two attached hydrogens (primary N) is 1. The molecular weight excluding hydrogens is 389 g/mol. The molecule has 156 valence electrons. The van der Waals surface area contributed by atoms with Gasteiger partial charge < -0.3 is 10.5 Å². The van der Waals surface area contributed by atoms with Gasteiger partial charge in [0.1, 0.15) is 24.8 Å². The molecule has 0 radical (unpaired) electrons. The van der Waals surface area contributed by atoms with E-state index in [0.717, 1.165) is 27.1 Å². The lowest BCUT2D eigenvalue weighted by Gasteiger charge is -2.10. The Bertz CT molecular complexity index is 1120. The molecule has 0 aliphatic carbocycles. The number of tetrazole rings is 1. The number of hydrogen-bond acceptors (Lipinski definition) is 6. The Labute approximate surface area is 172 Å². The number of para-hydroxylation sites is 1. The molecule has 0 amide bonds. The van der Waals surface area contributed by atoms with Gasteiger partial charge in [-0.15, -0.1) is 0 Å². The normalized spacial score (nSPS) is 12.2. The van der Waals surface area contributed by atoms with Crippen molar-refractivity contribution in [1.29, 1.82) is 0 Å². The van der Waals surface area contributed by atoms with E-state index in [1.54, 1.807) is 6.07 Å². The van der Waals surface area contributed by atoms with E-state index in [1.807, 2.05) is 37.3 Å². The zero-order valence-electron chi connectivity index (χ0n) is 16.7. The number of amidine groups is 1. The van der Waals surface area contributed by atoms with E-state index >= 15 is 0 Å². The van der Waals surface area contributed by atoms with Gasteiger partial charge in [-0.1, -0.05) is 49.4 Å². The zero-order chi connectivity index (χ0) is 21.5. The molecule has 10 heteroatoms. The summed E-state index contributed by atoms with van der Waals surface area (Å²) >= 11 is 0. The Kier molecular flexibility index (Phi) is 6.68. The second-order valence-electron chi connectivity index (χ2n) is 6.30. The molecular formula is C20H22FN7O2. The molecule has 9 nitrogen and oxygen atoms in total. The van der Waals surface area contributed by atoms with E-state index in [9.17, 15) is 9.18 Å². The summed E-state index contributed by atoms with van der Waals surface area (Å²) in [5.74, 6) is -0.630. The van der Waals surface area contributed by atoms with Crippen molar-refractivity contribution in [3.05, 3.63) is 76.0 Å². The van der Waals surface area contributed by atoms with Gasteiger partial charge in [-0.2, -0.15) is 9.36 Å². The molecule has 3 rings (SSSR count). The van der Waals surface area contributed by atoms with Crippen LogP contribution in [-0.4, -0.2) is 38.2 Å². The van der Waals surface area contributed by atoms with Crippen molar-refractivity contribution in [2.45, 2.75) is 20.0 Å². The van der Waals surface area contributed by atoms with Gasteiger partial charge in [0.15, 0.2) is 0 Å². The van der Waals surface area contributed by atoms with Gasteiger partial charge in [-0.3, -0.25) is 4.99 Å². The first-order valence-electron chi connectivity index (χ1n) is 9.29. The highest BCUT2D eigenvalue weighted by molar-refractivity contribution is 6.00. The Morgan fingerprint density at radius 1 is 1.13 bits per heavy atom. The van der Waals surface area contributed by atoms with Crippen LogP contribution in [0.5, 0.6) is 0 Å². The summed E-state index contributed by atoms with van der Waals surface area (Å²) in [6.07, 6.45) is 0.750. The second kappa shape index (κ2) is 9.59. The summed E-state index contributed by atoms with van der Waals surface area (Å²) in [5, 5.41) is 7.29. The maximum absolute atomic E-state index is 14.4. The van der Waals surface area contributed by atoms with Crippen LogP contribution in [0.3, 0.4) is 0 Å². The highest BCUT2D eigenvalue weighted by Gasteiger charge is 2.16. The van der Waals surface area contributed by atoms with Gasteiger partial charge in [0.25, 0.3) is 6.02 Å². The lowest BCUT2D eigenvalue weighted by Crippen LogP contribution is -2.24. The smallest absolute Gasteiger partial charge is 0.368 e. The molecule has 1 aromatic heterocycles. The Hall–Kier alpha value is -3.82. The van der Waals surface area contributed by atoms with Crippen LogP contribution >= 0.6 is 0 Å². The molecule has 0 atom stereocenters. The zero-order valence-corrected chi connectivity index (χ0v) is 16.7. The van der Waals surface area contributed by atoms with E-state index in [4.69, 9.17) is 10.5 Å². The number of aryl methyl sites for hydroxylation is 1. The Morgan fingerprint density at radius 2 is 1.90 bits per heavy atom. The number of aliphatic imine (C=N–C) groups is 2. The first-order chi connectivity index (χ1) is 14.5. The fraction of sp³-hybridized carbons (Fsp3) is 0.250. The van der Waals surface area contributed by atoms with Crippen LogP contribution in [-0.2, 0) is 18.4 Å². The summed E-state index contributed by atoms with van der Waals surface area (Å²) in [4.78, 5) is 20.6. The topological polar surface area (TPSA) is 113 Å². The van der Waals surface area contributed by atoms with Crippen molar-refractivity contribution in [2.75, 3.05) is 6.67 Å². The first kappa shape index (κ1) is 20.9. The van der Waals surface area contributed by atoms with Crippen molar-refractivity contribution in [1.82, 2.24) is 19.8 Å². The lowest BCUT2D eigenvalue weighted by molar-refractivity contribution is 0.285. The number of rotatable bonds is 7. The minimum absolute atomic E-state index is 0.0428. The average molecular weight is 411 g/mol. The van der Waals surface area contributed by atoms with Crippen molar-refractivity contribution in [3.63, 3.8) is 0 Å². The van der Waals surface area contributed by atoms with Crippen LogP contribution < -0.4 is 11.4 Å². The monoisotopic (exact) mass is 411 g/mol.